The highest BCUT2D eigenvalue weighted by atomic mass is 19.1. The van der Waals surface area contributed by atoms with Gasteiger partial charge in [0.25, 0.3) is 5.91 Å². The number of hydrogen-bond donors (Lipinski definition) is 2. The molecule has 0 aliphatic heterocycles. The maximum atomic E-state index is 13.7. The van der Waals surface area contributed by atoms with Crippen LogP contribution < -0.4 is 10.2 Å². The van der Waals surface area contributed by atoms with Gasteiger partial charge in [0, 0.05) is 5.56 Å². The van der Waals surface area contributed by atoms with Crippen molar-refractivity contribution in [3.05, 3.63) is 58.9 Å². The van der Waals surface area contributed by atoms with E-state index in [2.05, 4.69) is 10.5 Å². The van der Waals surface area contributed by atoms with Gasteiger partial charge in [-0.05, 0) is 30.3 Å². The zero-order valence-corrected chi connectivity index (χ0v) is 12.1. The minimum Gasteiger partial charge on any atom is -0.504 e. The Morgan fingerprint density at radius 2 is 2.22 bits per heavy atom. The van der Waals surface area contributed by atoms with Gasteiger partial charge in [0.1, 0.15) is 5.82 Å². The van der Waals surface area contributed by atoms with Crippen LogP contribution in [0.15, 0.2) is 41.5 Å². The number of para-hydroxylation sites is 1. The lowest BCUT2D eigenvalue weighted by Crippen LogP contribution is -2.19. The van der Waals surface area contributed by atoms with Crippen molar-refractivity contribution in [1.29, 1.82) is 5.26 Å². The summed E-state index contributed by atoms with van der Waals surface area (Å²) in [5.74, 6) is -1.46. The number of amides is 1. The van der Waals surface area contributed by atoms with Gasteiger partial charge < -0.3 is 9.84 Å². The van der Waals surface area contributed by atoms with E-state index in [1.54, 1.807) is 24.3 Å². The second-order valence-electron chi connectivity index (χ2n) is 4.40. The number of nitriles is 1. The molecule has 1 amide bonds. The molecule has 2 aromatic rings. The Hall–Kier alpha value is -3.40. The number of methoxy groups -OCH3 is 1. The summed E-state index contributed by atoms with van der Waals surface area (Å²) in [4.78, 5) is 11.8. The van der Waals surface area contributed by atoms with Gasteiger partial charge in [-0.1, -0.05) is 6.07 Å². The number of hydrazone groups is 1. The molecular weight excluding hydrogens is 301 g/mol. The number of nitrogens with one attached hydrogen (secondary N) is 1. The molecule has 2 N–H and O–H groups in total. The molecule has 0 saturated carbocycles. The van der Waals surface area contributed by atoms with E-state index in [4.69, 9.17) is 10.00 Å². The number of carbonyl (C=O) groups is 1. The van der Waals surface area contributed by atoms with E-state index in [1.165, 1.54) is 25.5 Å². The van der Waals surface area contributed by atoms with Gasteiger partial charge in [-0.3, -0.25) is 4.79 Å². The summed E-state index contributed by atoms with van der Waals surface area (Å²) in [6.45, 7) is 0. The number of nitrogens with zero attached hydrogens (tertiary/aromatic N) is 2. The molecule has 7 heteroatoms. The largest absolute Gasteiger partial charge is 0.504 e. The van der Waals surface area contributed by atoms with Crippen LogP contribution >= 0.6 is 0 Å². The number of carbonyl (C=O) groups excluding carboxylic acids is 1. The fourth-order valence-electron chi connectivity index (χ4n) is 1.80. The maximum absolute atomic E-state index is 13.7. The Morgan fingerprint density at radius 3 is 2.87 bits per heavy atom. The first-order valence-corrected chi connectivity index (χ1v) is 6.46. The molecule has 6 nitrogen and oxygen atoms in total. The number of phenolic OH excluding ortho intramolecular Hbond substituents is 1. The Morgan fingerprint density at radius 1 is 1.43 bits per heavy atom. The van der Waals surface area contributed by atoms with E-state index in [0.717, 1.165) is 6.07 Å². The van der Waals surface area contributed by atoms with Crippen molar-refractivity contribution in [2.24, 2.45) is 5.10 Å². The molecule has 0 fully saturated rings. The summed E-state index contributed by atoms with van der Waals surface area (Å²) in [6, 6.07) is 10.0. The molecule has 2 rings (SSSR count). The topological polar surface area (TPSA) is 94.7 Å². The molecule has 0 heterocycles. The molecule has 23 heavy (non-hydrogen) atoms. The third-order valence-corrected chi connectivity index (χ3v) is 2.96. The average Bonchev–Trinajstić information content (AvgIpc) is 2.56. The summed E-state index contributed by atoms with van der Waals surface area (Å²) < 4.78 is 18.6. The maximum Gasteiger partial charge on any atom is 0.274 e. The summed E-state index contributed by atoms with van der Waals surface area (Å²) in [5, 5.41) is 22.2. The summed E-state index contributed by atoms with van der Waals surface area (Å²) in [7, 11) is 1.41. The van der Waals surface area contributed by atoms with Gasteiger partial charge in [-0.15, -0.1) is 0 Å². The number of rotatable bonds is 4. The second kappa shape index (κ2) is 7.04. The third kappa shape index (κ3) is 3.63. The molecule has 0 saturated heterocycles. The Balaban J connectivity index is 2.12. The SMILES string of the molecule is COc1cccc(/C=N/NC(=O)c2ccc(C#N)cc2F)c1O. The van der Waals surface area contributed by atoms with Gasteiger partial charge in [-0.25, -0.2) is 9.82 Å². The molecular formula is C16H12FN3O3. The van der Waals surface area contributed by atoms with Gasteiger partial charge in [-0.2, -0.15) is 10.4 Å². The first-order chi connectivity index (χ1) is 11.1. The van der Waals surface area contributed by atoms with Gasteiger partial charge in [0.05, 0.1) is 30.5 Å². The van der Waals surface area contributed by atoms with Crippen molar-refractivity contribution in [3.8, 4) is 17.6 Å². The minimum atomic E-state index is -0.819. The van der Waals surface area contributed by atoms with Gasteiger partial charge >= 0.3 is 0 Å². The number of ether oxygens (including phenoxy) is 1. The van der Waals surface area contributed by atoms with Crippen LogP contribution in [-0.2, 0) is 0 Å². The lowest BCUT2D eigenvalue weighted by atomic mass is 10.1. The summed E-state index contributed by atoms with van der Waals surface area (Å²) in [6.07, 6.45) is 1.21. The first-order valence-electron chi connectivity index (χ1n) is 6.46. The zero-order valence-electron chi connectivity index (χ0n) is 12.1. The zero-order chi connectivity index (χ0) is 16.8. The fraction of sp³-hybridized carbons (Fsp3) is 0.0625. The molecule has 116 valence electrons. The van der Waals surface area contributed by atoms with Crippen LogP contribution in [0.3, 0.4) is 0 Å². The van der Waals surface area contributed by atoms with Crippen LogP contribution in [-0.4, -0.2) is 24.3 Å². The Labute approximate surface area is 131 Å². The van der Waals surface area contributed by atoms with Crippen molar-refractivity contribution < 1.29 is 19.0 Å². The average molecular weight is 313 g/mol. The smallest absolute Gasteiger partial charge is 0.274 e. The van der Waals surface area contributed by atoms with Gasteiger partial charge in [0.15, 0.2) is 11.5 Å². The predicted molar refractivity (Wildman–Crippen MR) is 80.8 cm³/mol. The number of phenols is 1. The minimum absolute atomic E-state index is 0.115. The lowest BCUT2D eigenvalue weighted by Gasteiger charge is -2.05. The van der Waals surface area contributed by atoms with Crippen LogP contribution in [0, 0.1) is 17.1 Å². The lowest BCUT2D eigenvalue weighted by molar-refractivity contribution is 0.0951. The van der Waals surface area contributed by atoms with Crippen molar-refractivity contribution in [3.63, 3.8) is 0 Å². The molecule has 0 spiro atoms. The van der Waals surface area contributed by atoms with Gasteiger partial charge in [0.2, 0.25) is 0 Å². The molecule has 2 aromatic carbocycles. The molecule has 0 bridgehead atoms. The normalized spacial score (nSPS) is 10.3. The monoisotopic (exact) mass is 313 g/mol. The molecule has 0 atom stereocenters. The van der Waals surface area contributed by atoms with Crippen LogP contribution in [0.1, 0.15) is 21.5 Å². The Kier molecular flexibility index (Phi) is 4.89. The Bertz CT molecular complexity index is 813. The molecule has 0 aliphatic carbocycles. The van der Waals surface area contributed by atoms with Crippen molar-refractivity contribution in [2.45, 2.75) is 0 Å². The van der Waals surface area contributed by atoms with E-state index in [0.29, 0.717) is 5.56 Å². The molecule has 0 unspecified atom stereocenters. The predicted octanol–water partition coefficient (Wildman–Crippen LogP) is 2.18. The first kappa shape index (κ1) is 16.0. The highest BCUT2D eigenvalue weighted by Gasteiger charge is 2.11. The quantitative estimate of drug-likeness (QED) is 0.668. The van der Waals surface area contributed by atoms with Crippen LogP contribution in [0.5, 0.6) is 11.5 Å². The van der Waals surface area contributed by atoms with E-state index < -0.39 is 11.7 Å². The molecule has 0 radical (unpaired) electrons. The number of halogens is 1. The molecule has 0 aromatic heterocycles. The van der Waals surface area contributed by atoms with E-state index in [9.17, 15) is 14.3 Å². The van der Waals surface area contributed by atoms with E-state index >= 15 is 0 Å². The third-order valence-electron chi connectivity index (χ3n) is 2.96. The molecule has 0 aliphatic rings. The van der Waals surface area contributed by atoms with Crippen molar-refractivity contribution >= 4 is 12.1 Å². The number of aromatic hydroxyl groups is 1. The standard InChI is InChI=1S/C16H12FN3O3/c1-23-14-4-2-3-11(15(14)21)9-19-20-16(22)12-6-5-10(8-18)7-13(12)17/h2-7,9,21H,1H3,(H,20,22)/b19-9+. The van der Waals surface area contributed by atoms with Crippen molar-refractivity contribution in [1.82, 2.24) is 5.43 Å². The number of benzene rings is 2. The second-order valence-corrected chi connectivity index (χ2v) is 4.40. The number of hydrogen-bond acceptors (Lipinski definition) is 5. The fourth-order valence-corrected chi connectivity index (χ4v) is 1.80. The van der Waals surface area contributed by atoms with E-state index in [-0.39, 0.29) is 22.6 Å². The van der Waals surface area contributed by atoms with Crippen molar-refractivity contribution in [2.75, 3.05) is 7.11 Å². The summed E-state index contributed by atoms with van der Waals surface area (Å²) in [5.41, 5.74) is 2.35. The van der Waals surface area contributed by atoms with Crippen LogP contribution in [0.2, 0.25) is 0 Å². The highest BCUT2D eigenvalue weighted by molar-refractivity contribution is 5.95. The summed E-state index contributed by atoms with van der Waals surface area (Å²) >= 11 is 0. The van der Waals surface area contributed by atoms with Crippen LogP contribution in [0.4, 0.5) is 4.39 Å². The van der Waals surface area contributed by atoms with Crippen LogP contribution in [0.25, 0.3) is 0 Å². The highest BCUT2D eigenvalue weighted by Crippen LogP contribution is 2.27. The van der Waals surface area contributed by atoms with E-state index in [1.807, 2.05) is 0 Å².